The summed E-state index contributed by atoms with van der Waals surface area (Å²) in [6, 6.07) is 8.26. The maximum atomic E-state index is 4.35. The highest BCUT2D eigenvalue weighted by Crippen LogP contribution is 2.33. The second-order valence-corrected chi connectivity index (χ2v) is 5.06. The monoisotopic (exact) mass is 278 g/mol. The quantitative estimate of drug-likeness (QED) is 0.813. The highest BCUT2D eigenvalue weighted by molar-refractivity contribution is 9.10. The lowest BCUT2D eigenvalue weighted by atomic mass is 10.00. The van der Waals surface area contributed by atoms with Gasteiger partial charge in [-0.1, -0.05) is 48.0 Å². The summed E-state index contributed by atoms with van der Waals surface area (Å²) in [5, 5.41) is 4.35. The van der Waals surface area contributed by atoms with E-state index in [-0.39, 0.29) is 0 Å². The van der Waals surface area contributed by atoms with Crippen molar-refractivity contribution >= 4 is 15.9 Å². The van der Waals surface area contributed by atoms with E-state index in [9.17, 15) is 0 Å². The first-order chi connectivity index (χ1) is 7.61. The predicted octanol–water partition coefficient (Wildman–Crippen LogP) is 3.97. The van der Waals surface area contributed by atoms with Crippen molar-refractivity contribution < 1.29 is 0 Å². The van der Waals surface area contributed by atoms with Gasteiger partial charge in [0.2, 0.25) is 0 Å². The third-order valence-corrected chi connectivity index (χ3v) is 3.41. The van der Waals surface area contributed by atoms with Gasteiger partial charge in [-0.25, -0.2) is 0 Å². The molecule has 2 nitrogen and oxygen atoms in total. The lowest BCUT2D eigenvalue weighted by Gasteiger charge is -2.10. The first-order valence-corrected chi connectivity index (χ1v) is 6.17. The van der Waals surface area contributed by atoms with Gasteiger partial charge in [0.25, 0.3) is 0 Å². The molecule has 1 heterocycles. The minimum atomic E-state index is 0.482. The van der Waals surface area contributed by atoms with Crippen molar-refractivity contribution in [3.63, 3.8) is 0 Å². The predicted molar refractivity (Wildman–Crippen MR) is 70.4 cm³/mol. The van der Waals surface area contributed by atoms with Crippen LogP contribution >= 0.6 is 15.9 Å². The Morgan fingerprint density at radius 3 is 2.56 bits per heavy atom. The summed E-state index contributed by atoms with van der Waals surface area (Å²) in [6.07, 6.45) is 1.96. The van der Waals surface area contributed by atoms with Crippen LogP contribution in [0.15, 0.2) is 34.9 Å². The van der Waals surface area contributed by atoms with E-state index in [4.69, 9.17) is 0 Å². The number of rotatable bonds is 2. The summed E-state index contributed by atoms with van der Waals surface area (Å²) in [4.78, 5) is 0. The van der Waals surface area contributed by atoms with E-state index in [0.29, 0.717) is 5.92 Å². The molecule has 1 aromatic carbocycles. The lowest BCUT2D eigenvalue weighted by molar-refractivity contribution is 0.773. The number of halogens is 1. The molecule has 2 rings (SSSR count). The fourth-order valence-corrected chi connectivity index (χ4v) is 2.33. The molecule has 3 heteroatoms. The van der Waals surface area contributed by atoms with Gasteiger partial charge in [0.05, 0.1) is 11.9 Å². The van der Waals surface area contributed by atoms with Gasteiger partial charge in [-0.2, -0.15) is 5.10 Å². The zero-order valence-electron chi connectivity index (χ0n) is 9.74. The Balaban J connectivity index is 2.64. The summed E-state index contributed by atoms with van der Waals surface area (Å²) in [7, 11) is 1.99. The zero-order valence-corrected chi connectivity index (χ0v) is 11.3. The smallest absolute Gasteiger partial charge is 0.0724 e. The summed E-state index contributed by atoms with van der Waals surface area (Å²) in [5.74, 6) is 0.482. The van der Waals surface area contributed by atoms with Gasteiger partial charge in [-0.3, -0.25) is 4.68 Å². The fraction of sp³-hybridized carbons (Fsp3) is 0.308. The molecule has 0 saturated carbocycles. The van der Waals surface area contributed by atoms with Gasteiger partial charge in [-0.15, -0.1) is 0 Å². The molecule has 84 valence electrons. The molecule has 2 aromatic rings. The van der Waals surface area contributed by atoms with E-state index in [1.165, 1.54) is 16.8 Å². The fourth-order valence-electron chi connectivity index (χ4n) is 1.86. The van der Waals surface area contributed by atoms with Crippen LogP contribution in [0.4, 0.5) is 0 Å². The zero-order chi connectivity index (χ0) is 11.7. The van der Waals surface area contributed by atoms with Crippen LogP contribution in [0.2, 0.25) is 0 Å². The Bertz CT molecular complexity index is 500. The first-order valence-electron chi connectivity index (χ1n) is 5.38. The maximum Gasteiger partial charge on any atom is 0.0724 e. The van der Waals surface area contributed by atoms with E-state index in [2.05, 4.69) is 53.1 Å². The molecule has 1 aromatic heterocycles. The molecule has 0 fully saturated rings. The number of hydrogen-bond acceptors (Lipinski definition) is 1. The molecule has 0 aliphatic rings. The second kappa shape index (κ2) is 4.42. The van der Waals surface area contributed by atoms with Gasteiger partial charge in [0.1, 0.15) is 0 Å². The minimum absolute atomic E-state index is 0.482. The summed E-state index contributed by atoms with van der Waals surface area (Å²) in [6.45, 7) is 4.38. The third kappa shape index (κ3) is 1.92. The van der Waals surface area contributed by atoms with Crippen LogP contribution in [0.3, 0.4) is 0 Å². The largest absolute Gasteiger partial charge is 0.268 e. The number of nitrogens with zero attached hydrogens (tertiary/aromatic N) is 2. The molecular weight excluding hydrogens is 264 g/mol. The van der Waals surface area contributed by atoms with Crippen molar-refractivity contribution in [1.82, 2.24) is 9.78 Å². The van der Waals surface area contributed by atoms with E-state index in [0.717, 1.165) is 4.47 Å². The highest BCUT2D eigenvalue weighted by Gasteiger charge is 2.15. The van der Waals surface area contributed by atoms with Gasteiger partial charge in [-0.05, 0) is 12.0 Å². The molecule has 0 amide bonds. The lowest BCUT2D eigenvalue weighted by Crippen LogP contribution is -1.97. The minimum Gasteiger partial charge on any atom is -0.268 e. The normalized spacial score (nSPS) is 11.1. The van der Waals surface area contributed by atoms with Crippen LogP contribution in [0.5, 0.6) is 0 Å². The molecule has 0 saturated heterocycles. The standard InChI is InChI=1S/C13H15BrN2/c1-9(2)11-8-15-16(3)13(11)10-6-4-5-7-12(10)14/h4-9H,1-3H3. The van der Waals surface area contributed by atoms with Gasteiger partial charge >= 0.3 is 0 Å². The topological polar surface area (TPSA) is 17.8 Å². The Kier molecular flexibility index (Phi) is 3.15. The van der Waals surface area contributed by atoms with E-state index < -0.39 is 0 Å². The number of benzene rings is 1. The average molecular weight is 279 g/mol. The summed E-state index contributed by atoms with van der Waals surface area (Å²) >= 11 is 3.59. The van der Waals surface area contributed by atoms with Gasteiger partial charge in [0.15, 0.2) is 0 Å². The second-order valence-electron chi connectivity index (χ2n) is 4.21. The molecule has 0 spiro atoms. The van der Waals surface area contributed by atoms with Crippen LogP contribution in [0.25, 0.3) is 11.3 Å². The molecule has 0 radical (unpaired) electrons. The molecule has 0 bridgehead atoms. The maximum absolute atomic E-state index is 4.35. The highest BCUT2D eigenvalue weighted by atomic mass is 79.9. The Hall–Kier alpha value is -1.09. The van der Waals surface area contributed by atoms with E-state index in [1.54, 1.807) is 0 Å². The summed E-state index contributed by atoms with van der Waals surface area (Å²) in [5.41, 5.74) is 3.68. The van der Waals surface area contributed by atoms with Gasteiger partial charge < -0.3 is 0 Å². The Morgan fingerprint density at radius 1 is 1.25 bits per heavy atom. The molecule has 16 heavy (non-hydrogen) atoms. The molecular formula is C13H15BrN2. The third-order valence-electron chi connectivity index (χ3n) is 2.72. The Morgan fingerprint density at radius 2 is 1.94 bits per heavy atom. The Labute approximate surface area is 104 Å². The average Bonchev–Trinajstić information content (AvgIpc) is 2.61. The number of hydrogen-bond donors (Lipinski definition) is 0. The van der Waals surface area contributed by atoms with Crippen LogP contribution in [0, 0.1) is 0 Å². The number of aryl methyl sites for hydroxylation is 1. The molecule has 0 atom stereocenters. The first kappa shape index (κ1) is 11.4. The van der Waals surface area contributed by atoms with Crippen LogP contribution in [0.1, 0.15) is 25.3 Å². The van der Waals surface area contributed by atoms with E-state index >= 15 is 0 Å². The van der Waals surface area contributed by atoms with Gasteiger partial charge in [0, 0.05) is 22.6 Å². The van der Waals surface area contributed by atoms with Crippen LogP contribution in [-0.4, -0.2) is 9.78 Å². The van der Waals surface area contributed by atoms with Crippen molar-refractivity contribution in [3.8, 4) is 11.3 Å². The molecule has 0 aliphatic heterocycles. The molecule has 0 aliphatic carbocycles. The van der Waals surface area contributed by atoms with Crippen molar-refractivity contribution in [2.75, 3.05) is 0 Å². The van der Waals surface area contributed by atoms with Crippen LogP contribution in [-0.2, 0) is 7.05 Å². The summed E-state index contributed by atoms with van der Waals surface area (Å²) < 4.78 is 3.05. The van der Waals surface area contributed by atoms with Crippen molar-refractivity contribution in [3.05, 3.63) is 40.5 Å². The SMILES string of the molecule is CC(C)c1cnn(C)c1-c1ccccc1Br. The number of aromatic nitrogens is 2. The van der Waals surface area contributed by atoms with Crippen molar-refractivity contribution in [2.45, 2.75) is 19.8 Å². The van der Waals surface area contributed by atoms with E-state index in [1.807, 2.05) is 24.0 Å². The molecule has 0 N–H and O–H groups in total. The van der Waals surface area contributed by atoms with Crippen LogP contribution < -0.4 is 0 Å². The molecule has 0 unspecified atom stereocenters. The van der Waals surface area contributed by atoms with Crippen molar-refractivity contribution in [1.29, 1.82) is 0 Å². The van der Waals surface area contributed by atoms with Crippen molar-refractivity contribution in [2.24, 2.45) is 7.05 Å².